The summed E-state index contributed by atoms with van der Waals surface area (Å²) in [5, 5.41) is 12.6. The molecule has 1 aliphatic rings. The van der Waals surface area contributed by atoms with Gasteiger partial charge in [0, 0.05) is 12.0 Å². The van der Waals surface area contributed by atoms with Crippen LogP contribution in [0.15, 0.2) is 30.3 Å². The maximum Gasteiger partial charge on any atom is 0.315 e. The molecule has 1 amide bonds. The number of hydrogen-bond donors (Lipinski definition) is 2. The Hall–Kier alpha value is -1.84. The molecule has 0 spiro atoms. The molecule has 0 aliphatic heterocycles. The summed E-state index contributed by atoms with van der Waals surface area (Å²) < 4.78 is 0. The summed E-state index contributed by atoms with van der Waals surface area (Å²) in [6.45, 7) is 4.00. The van der Waals surface area contributed by atoms with E-state index >= 15 is 0 Å². The Morgan fingerprint density at radius 2 is 1.86 bits per heavy atom. The molecule has 2 rings (SSSR count). The Labute approximate surface area is 125 Å². The molecule has 4 heteroatoms. The lowest BCUT2D eigenvalue weighted by atomic mass is 9.78. The Morgan fingerprint density at radius 3 is 2.29 bits per heavy atom. The van der Waals surface area contributed by atoms with E-state index in [4.69, 9.17) is 0 Å². The molecule has 4 nitrogen and oxygen atoms in total. The highest BCUT2D eigenvalue weighted by Crippen LogP contribution is 2.48. The normalized spacial score (nSPS) is 18.6. The predicted octanol–water partition coefficient (Wildman–Crippen LogP) is 2.73. The summed E-state index contributed by atoms with van der Waals surface area (Å²) in [5.74, 6) is -0.891. The molecule has 2 N–H and O–H groups in total. The number of carboxylic acids is 1. The van der Waals surface area contributed by atoms with Crippen LogP contribution >= 0.6 is 0 Å². The average Bonchev–Trinajstić information content (AvgIpc) is 3.30. The summed E-state index contributed by atoms with van der Waals surface area (Å²) in [7, 11) is 0. The van der Waals surface area contributed by atoms with Crippen molar-refractivity contribution in [1.82, 2.24) is 5.32 Å². The van der Waals surface area contributed by atoms with Crippen LogP contribution in [0.1, 0.15) is 45.1 Å². The van der Waals surface area contributed by atoms with Crippen molar-refractivity contribution in [3.8, 4) is 0 Å². The highest BCUT2D eigenvalue weighted by molar-refractivity contribution is 5.87. The third kappa shape index (κ3) is 2.80. The minimum absolute atomic E-state index is 0.00000567. The third-order valence-electron chi connectivity index (χ3n) is 4.90. The van der Waals surface area contributed by atoms with Gasteiger partial charge in [-0.2, -0.15) is 0 Å². The Bertz CT molecular complexity index is 522. The first-order chi connectivity index (χ1) is 10.0. The number of nitrogens with one attached hydrogen (secondary N) is 1. The summed E-state index contributed by atoms with van der Waals surface area (Å²) in [6.07, 6.45) is 3.07. The molecule has 1 fully saturated rings. The topological polar surface area (TPSA) is 66.4 Å². The molecule has 1 atom stereocenters. The van der Waals surface area contributed by atoms with Crippen LogP contribution < -0.4 is 5.32 Å². The smallest absolute Gasteiger partial charge is 0.315 e. The van der Waals surface area contributed by atoms with Crippen LogP contribution in [0.5, 0.6) is 0 Å². The first-order valence-corrected chi connectivity index (χ1v) is 7.58. The van der Waals surface area contributed by atoms with E-state index in [1.54, 1.807) is 0 Å². The summed E-state index contributed by atoms with van der Waals surface area (Å²) in [6, 6.07) is 9.16. The molecule has 1 aromatic rings. The lowest BCUT2D eigenvalue weighted by Crippen LogP contribution is -2.47. The van der Waals surface area contributed by atoms with Crippen LogP contribution in [0.4, 0.5) is 0 Å². The van der Waals surface area contributed by atoms with E-state index < -0.39 is 11.4 Å². The fraction of sp³-hybridized carbons (Fsp3) is 0.529. The molecule has 1 aliphatic carbocycles. The molecular weight excluding hydrogens is 266 g/mol. The molecular formula is C17H23NO3. The fourth-order valence-corrected chi connectivity index (χ4v) is 2.85. The van der Waals surface area contributed by atoms with E-state index in [2.05, 4.69) is 5.32 Å². The maximum absolute atomic E-state index is 12.3. The van der Waals surface area contributed by atoms with E-state index in [0.29, 0.717) is 6.42 Å². The van der Waals surface area contributed by atoms with Crippen molar-refractivity contribution in [3.05, 3.63) is 35.9 Å². The van der Waals surface area contributed by atoms with Crippen molar-refractivity contribution in [1.29, 1.82) is 0 Å². The van der Waals surface area contributed by atoms with Crippen LogP contribution in [-0.2, 0) is 15.0 Å². The van der Waals surface area contributed by atoms with Gasteiger partial charge in [-0.05, 0) is 31.2 Å². The summed E-state index contributed by atoms with van der Waals surface area (Å²) in [5.41, 5.74) is -0.559. The lowest BCUT2D eigenvalue weighted by Gasteiger charge is -2.29. The first-order valence-electron chi connectivity index (χ1n) is 7.58. The van der Waals surface area contributed by atoms with Gasteiger partial charge in [0.25, 0.3) is 0 Å². The highest BCUT2D eigenvalue weighted by atomic mass is 16.4. The number of carbonyl (C=O) groups excluding carboxylic acids is 1. The largest absolute Gasteiger partial charge is 0.481 e. The van der Waals surface area contributed by atoms with Gasteiger partial charge >= 0.3 is 5.97 Å². The molecule has 1 unspecified atom stereocenters. The standard InChI is InChI=1S/C17H23NO3/c1-3-16(10-11-16)14(19)18-12-17(4-2,15(20)21)13-8-6-5-7-9-13/h5-9H,3-4,10-12H2,1-2H3,(H,18,19)(H,20,21). The lowest BCUT2D eigenvalue weighted by molar-refractivity contribution is -0.144. The Balaban J connectivity index is 2.18. The first kappa shape index (κ1) is 15.5. The number of amides is 1. The van der Waals surface area contributed by atoms with Gasteiger partial charge in [0.2, 0.25) is 5.91 Å². The van der Waals surface area contributed by atoms with Crippen LogP contribution in [0.25, 0.3) is 0 Å². The zero-order chi connectivity index (χ0) is 15.5. The van der Waals surface area contributed by atoms with Gasteiger partial charge in [-0.25, -0.2) is 0 Å². The number of hydrogen-bond acceptors (Lipinski definition) is 2. The molecule has 114 valence electrons. The minimum atomic E-state index is -1.05. The minimum Gasteiger partial charge on any atom is -0.481 e. The van der Waals surface area contributed by atoms with Gasteiger partial charge in [0.05, 0.1) is 0 Å². The number of carboxylic acid groups (broad SMARTS) is 1. The predicted molar refractivity (Wildman–Crippen MR) is 81.0 cm³/mol. The van der Waals surface area contributed by atoms with E-state index in [-0.39, 0.29) is 17.9 Å². The second-order valence-electron chi connectivity index (χ2n) is 5.92. The quantitative estimate of drug-likeness (QED) is 0.811. The summed E-state index contributed by atoms with van der Waals surface area (Å²) >= 11 is 0. The second-order valence-corrected chi connectivity index (χ2v) is 5.92. The van der Waals surface area contributed by atoms with E-state index in [1.807, 2.05) is 44.2 Å². The number of aliphatic carboxylic acids is 1. The van der Waals surface area contributed by atoms with Crippen molar-refractivity contribution in [2.75, 3.05) is 6.54 Å². The number of rotatable bonds is 7. The van der Waals surface area contributed by atoms with Gasteiger partial charge in [-0.3, -0.25) is 9.59 Å². The van der Waals surface area contributed by atoms with Crippen LogP contribution in [0.3, 0.4) is 0 Å². The molecule has 1 aromatic carbocycles. The zero-order valence-electron chi connectivity index (χ0n) is 12.7. The van der Waals surface area contributed by atoms with Gasteiger partial charge in [0.1, 0.15) is 5.41 Å². The van der Waals surface area contributed by atoms with Gasteiger partial charge in [-0.15, -0.1) is 0 Å². The Kier molecular flexibility index (Phi) is 4.35. The van der Waals surface area contributed by atoms with E-state index in [1.165, 1.54) is 0 Å². The number of benzene rings is 1. The molecule has 0 bridgehead atoms. The molecule has 1 saturated carbocycles. The Morgan fingerprint density at radius 1 is 1.24 bits per heavy atom. The van der Waals surface area contributed by atoms with Crippen LogP contribution in [-0.4, -0.2) is 23.5 Å². The second kappa shape index (κ2) is 5.88. The molecule has 0 aromatic heterocycles. The van der Waals surface area contributed by atoms with E-state index in [9.17, 15) is 14.7 Å². The van der Waals surface area contributed by atoms with Crippen molar-refractivity contribution in [2.24, 2.45) is 5.41 Å². The van der Waals surface area contributed by atoms with Gasteiger partial charge < -0.3 is 10.4 Å². The molecule has 0 saturated heterocycles. The molecule has 0 heterocycles. The van der Waals surface area contributed by atoms with Gasteiger partial charge in [-0.1, -0.05) is 44.2 Å². The molecule has 0 radical (unpaired) electrons. The van der Waals surface area contributed by atoms with Crippen molar-refractivity contribution >= 4 is 11.9 Å². The van der Waals surface area contributed by atoms with Crippen LogP contribution in [0, 0.1) is 5.41 Å². The molecule has 21 heavy (non-hydrogen) atoms. The highest BCUT2D eigenvalue weighted by Gasteiger charge is 2.49. The summed E-state index contributed by atoms with van der Waals surface area (Å²) in [4.78, 5) is 24.1. The van der Waals surface area contributed by atoms with Gasteiger partial charge in [0.15, 0.2) is 0 Å². The van der Waals surface area contributed by atoms with Crippen molar-refractivity contribution in [2.45, 2.75) is 44.9 Å². The number of carbonyl (C=O) groups is 2. The fourth-order valence-electron chi connectivity index (χ4n) is 2.85. The monoisotopic (exact) mass is 289 g/mol. The maximum atomic E-state index is 12.3. The zero-order valence-corrected chi connectivity index (χ0v) is 12.7. The van der Waals surface area contributed by atoms with Crippen molar-refractivity contribution < 1.29 is 14.7 Å². The van der Waals surface area contributed by atoms with E-state index in [0.717, 1.165) is 24.8 Å². The third-order valence-corrected chi connectivity index (χ3v) is 4.90. The average molecular weight is 289 g/mol. The van der Waals surface area contributed by atoms with Crippen LogP contribution in [0.2, 0.25) is 0 Å². The SMILES string of the molecule is CCC1(C(=O)NCC(CC)(C(=O)O)c2ccccc2)CC1. The van der Waals surface area contributed by atoms with Crippen molar-refractivity contribution in [3.63, 3.8) is 0 Å².